The summed E-state index contributed by atoms with van der Waals surface area (Å²) in [4.78, 5) is 36.7. The Balaban J connectivity index is 1.90. The van der Waals surface area contributed by atoms with Gasteiger partial charge in [-0.25, -0.2) is 4.79 Å². The summed E-state index contributed by atoms with van der Waals surface area (Å²) in [6.45, 7) is 0. The topological polar surface area (TPSA) is 101 Å². The van der Waals surface area contributed by atoms with Gasteiger partial charge in [-0.3, -0.25) is 14.9 Å². The normalized spacial score (nSPS) is 12.5. The van der Waals surface area contributed by atoms with Crippen molar-refractivity contribution in [1.29, 1.82) is 0 Å². The van der Waals surface area contributed by atoms with Gasteiger partial charge in [0.05, 0.1) is 5.56 Å². The molecular weight excluding hydrogens is 350 g/mol. The van der Waals surface area contributed by atoms with Gasteiger partial charge in [-0.1, -0.05) is 11.6 Å². The Morgan fingerprint density at radius 3 is 2.46 bits per heavy atom. The third-order valence-electron chi connectivity index (χ3n) is 3.72. The molecule has 124 valence electrons. The predicted molar refractivity (Wildman–Crippen MR) is 92.8 cm³/mol. The minimum atomic E-state index is -0.923. The minimum Gasteiger partial charge on any atom is -0.351 e. The molecule has 0 fully saturated rings. The lowest BCUT2D eigenvalue weighted by Crippen LogP contribution is -2.35. The van der Waals surface area contributed by atoms with Crippen LogP contribution in [-0.4, -0.2) is 17.8 Å². The van der Waals surface area contributed by atoms with Crippen LogP contribution in [0.5, 0.6) is 0 Å². The summed E-state index contributed by atoms with van der Waals surface area (Å²) >= 11 is 7.18. The molecule has 0 bridgehead atoms. The van der Waals surface area contributed by atoms with Gasteiger partial charge in [0.15, 0.2) is 0 Å². The van der Waals surface area contributed by atoms with Crippen molar-refractivity contribution in [2.75, 3.05) is 5.32 Å². The Labute approximate surface area is 147 Å². The average molecular weight is 364 g/mol. The van der Waals surface area contributed by atoms with Gasteiger partial charge < -0.3 is 11.1 Å². The number of halogens is 1. The third-order valence-corrected chi connectivity index (χ3v) is 5.18. The largest absolute Gasteiger partial charge is 0.351 e. The number of hydrogen-bond donors (Lipinski definition) is 3. The van der Waals surface area contributed by atoms with Crippen LogP contribution in [0.2, 0.25) is 5.02 Å². The van der Waals surface area contributed by atoms with Crippen LogP contribution in [0.3, 0.4) is 0 Å². The zero-order chi connectivity index (χ0) is 17.3. The number of carbonyl (C=O) groups excluding carboxylic acids is 3. The highest BCUT2D eigenvalue weighted by Crippen LogP contribution is 2.39. The number of fused-ring (bicyclic) bond motifs is 1. The van der Waals surface area contributed by atoms with Crippen LogP contribution in [0.4, 0.5) is 9.80 Å². The Hall–Kier alpha value is -2.38. The zero-order valence-electron chi connectivity index (χ0n) is 12.5. The van der Waals surface area contributed by atoms with Crippen LogP contribution in [0.1, 0.15) is 37.6 Å². The number of amides is 4. The van der Waals surface area contributed by atoms with E-state index in [2.05, 4.69) is 10.6 Å². The van der Waals surface area contributed by atoms with Crippen LogP contribution in [0.25, 0.3) is 0 Å². The Kier molecular flexibility index (Phi) is 4.55. The molecule has 0 radical (unpaired) electrons. The number of anilines is 1. The number of benzene rings is 1. The number of nitrogens with one attached hydrogen (secondary N) is 2. The molecule has 4 amide bonds. The molecule has 0 spiro atoms. The van der Waals surface area contributed by atoms with E-state index in [1.54, 1.807) is 24.3 Å². The van der Waals surface area contributed by atoms with Gasteiger partial charge in [-0.15, -0.1) is 11.3 Å². The molecule has 0 aliphatic heterocycles. The second-order valence-electron chi connectivity index (χ2n) is 5.34. The lowest BCUT2D eigenvalue weighted by molar-refractivity contribution is 0.0966. The molecule has 4 N–H and O–H groups in total. The lowest BCUT2D eigenvalue weighted by atomic mass is 10.1. The highest BCUT2D eigenvalue weighted by Gasteiger charge is 2.28. The summed E-state index contributed by atoms with van der Waals surface area (Å²) in [5.74, 6) is -0.937. The Morgan fingerprint density at radius 1 is 1.08 bits per heavy atom. The minimum absolute atomic E-state index is 0.327. The first-order valence-corrected chi connectivity index (χ1v) is 8.47. The fourth-order valence-electron chi connectivity index (χ4n) is 2.68. The van der Waals surface area contributed by atoms with Crippen LogP contribution in [0.15, 0.2) is 24.3 Å². The summed E-state index contributed by atoms with van der Waals surface area (Å²) in [7, 11) is 0. The highest BCUT2D eigenvalue weighted by atomic mass is 35.5. The molecule has 1 heterocycles. The fraction of sp³-hybridized carbons (Fsp3) is 0.188. The quantitative estimate of drug-likeness (QED) is 0.781. The first kappa shape index (κ1) is 16.5. The van der Waals surface area contributed by atoms with E-state index in [4.69, 9.17) is 17.3 Å². The molecule has 3 rings (SSSR count). The highest BCUT2D eigenvalue weighted by molar-refractivity contribution is 7.17. The molecule has 24 heavy (non-hydrogen) atoms. The molecule has 0 unspecified atom stereocenters. The number of primary amides is 1. The van der Waals surface area contributed by atoms with Gasteiger partial charge >= 0.3 is 6.03 Å². The van der Waals surface area contributed by atoms with Gasteiger partial charge in [0.2, 0.25) is 0 Å². The number of nitrogens with two attached hydrogens (primary N) is 1. The molecule has 6 nitrogen and oxygen atoms in total. The van der Waals surface area contributed by atoms with Crippen molar-refractivity contribution in [2.24, 2.45) is 5.73 Å². The maximum absolute atomic E-state index is 12.4. The summed E-state index contributed by atoms with van der Waals surface area (Å²) in [6.07, 6.45) is 2.54. The van der Waals surface area contributed by atoms with E-state index < -0.39 is 11.9 Å². The maximum atomic E-state index is 12.4. The number of aryl methyl sites for hydroxylation is 1. The van der Waals surface area contributed by atoms with Crippen molar-refractivity contribution in [2.45, 2.75) is 19.3 Å². The molecule has 1 aromatic heterocycles. The van der Waals surface area contributed by atoms with Crippen LogP contribution in [0, 0.1) is 0 Å². The van der Waals surface area contributed by atoms with Crippen molar-refractivity contribution in [3.05, 3.63) is 50.9 Å². The number of imide groups is 1. The third kappa shape index (κ3) is 3.27. The van der Waals surface area contributed by atoms with E-state index in [9.17, 15) is 14.4 Å². The molecule has 1 aliphatic carbocycles. The predicted octanol–water partition coefficient (Wildman–Crippen LogP) is 2.95. The monoisotopic (exact) mass is 363 g/mol. The van der Waals surface area contributed by atoms with E-state index in [1.165, 1.54) is 11.3 Å². The molecule has 8 heteroatoms. The van der Waals surface area contributed by atoms with E-state index in [1.807, 2.05) is 0 Å². The first-order chi connectivity index (χ1) is 11.5. The van der Waals surface area contributed by atoms with Crippen molar-refractivity contribution in [1.82, 2.24) is 5.32 Å². The number of rotatable bonds is 3. The van der Waals surface area contributed by atoms with Crippen molar-refractivity contribution >= 4 is 45.8 Å². The van der Waals surface area contributed by atoms with Gasteiger partial charge in [0.1, 0.15) is 5.00 Å². The van der Waals surface area contributed by atoms with E-state index >= 15 is 0 Å². The molecular formula is C16H14ClN3O3S. The summed E-state index contributed by atoms with van der Waals surface area (Å²) < 4.78 is 0. The average Bonchev–Trinajstić information content (AvgIpc) is 3.07. The fourth-order valence-corrected chi connectivity index (χ4v) is 4.09. The smallest absolute Gasteiger partial charge is 0.319 e. The SMILES string of the molecule is NC(=O)NC(=O)c1c(NC(=O)c2ccc(Cl)cc2)sc2c1CCC2. The van der Waals surface area contributed by atoms with Gasteiger partial charge in [-0.05, 0) is 49.1 Å². The van der Waals surface area contributed by atoms with Crippen LogP contribution >= 0.6 is 22.9 Å². The van der Waals surface area contributed by atoms with Crippen molar-refractivity contribution in [3.63, 3.8) is 0 Å². The van der Waals surface area contributed by atoms with Gasteiger partial charge in [0, 0.05) is 15.5 Å². The maximum Gasteiger partial charge on any atom is 0.319 e. The molecule has 1 aliphatic rings. The molecule has 0 saturated carbocycles. The summed E-state index contributed by atoms with van der Waals surface area (Å²) in [5.41, 5.74) is 6.67. The number of carbonyl (C=O) groups is 3. The van der Waals surface area contributed by atoms with Crippen LogP contribution in [-0.2, 0) is 12.8 Å². The van der Waals surface area contributed by atoms with E-state index in [-0.39, 0.29) is 5.91 Å². The Morgan fingerprint density at radius 2 is 1.79 bits per heavy atom. The number of urea groups is 1. The second-order valence-corrected chi connectivity index (χ2v) is 6.88. The van der Waals surface area contributed by atoms with Crippen molar-refractivity contribution in [3.8, 4) is 0 Å². The standard InChI is InChI=1S/C16H14ClN3O3S/c17-9-6-4-8(5-7-9)13(21)19-15-12(14(22)20-16(18)23)10-2-1-3-11(10)24-15/h4-7H,1-3H2,(H,19,21)(H3,18,20,22,23). The summed E-state index contributed by atoms with van der Waals surface area (Å²) in [6, 6.07) is 5.51. The van der Waals surface area contributed by atoms with Crippen molar-refractivity contribution < 1.29 is 14.4 Å². The van der Waals surface area contributed by atoms with E-state index in [0.717, 1.165) is 29.7 Å². The first-order valence-electron chi connectivity index (χ1n) is 7.28. The molecule has 2 aromatic rings. The van der Waals surface area contributed by atoms with Gasteiger partial charge in [0.25, 0.3) is 11.8 Å². The second kappa shape index (κ2) is 6.62. The zero-order valence-corrected chi connectivity index (χ0v) is 14.1. The van der Waals surface area contributed by atoms with Gasteiger partial charge in [-0.2, -0.15) is 0 Å². The lowest BCUT2D eigenvalue weighted by Gasteiger charge is -2.08. The molecule has 0 saturated heterocycles. The van der Waals surface area contributed by atoms with E-state index in [0.29, 0.717) is 21.2 Å². The van der Waals surface area contributed by atoms with Crippen LogP contribution < -0.4 is 16.4 Å². The Bertz CT molecular complexity index is 830. The molecule has 0 atom stereocenters. The number of thiophene rings is 1. The summed E-state index contributed by atoms with van der Waals surface area (Å²) in [5, 5.41) is 5.79. The number of hydrogen-bond acceptors (Lipinski definition) is 4. The molecule has 1 aromatic carbocycles.